The Morgan fingerprint density at radius 3 is 2.55 bits per heavy atom. The third-order valence-corrected chi connectivity index (χ3v) is 4.00. The topological polar surface area (TPSA) is 29.3 Å². The first-order valence-electron chi connectivity index (χ1n) is 7.04. The quantitative estimate of drug-likeness (QED) is 0.922. The lowest BCUT2D eigenvalue weighted by Crippen LogP contribution is -2.44. The molecular formula is C15H21F3N2. The van der Waals surface area contributed by atoms with Crippen molar-refractivity contribution in [2.75, 3.05) is 26.2 Å². The van der Waals surface area contributed by atoms with Gasteiger partial charge in [-0.05, 0) is 24.9 Å². The third kappa shape index (κ3) is 3.96. The van der Waals surface area contributed by atoms with Gasteiger partial charge in [0.25, 0.3) is 0 Å². The van der Waals surface area contributed by atoms with Crippen LogP contribution in [0.25, 0.3) is 0 Å². The molecule has 0 saturated carbocycles. The number of rotatable bonds is 4. The molecule has 1 heterocycles. The Balaban J connectivity index is 1.98. The minimum absolute atomic E-state index is 0.100. The normalized spacial score (nSPS) is 22.7. The molecule has 2 nitrogen and oxygen atoms in total. The highest BCUT2D eigenvalue weighted by Crippen LogP contribution is 2.33. The summed E-state index contributed by atoms with van der Waals surface area (Å²) in [5.74, 6) is -1.09. The van der Waals surface area contributed by atoms with E-state index in [1.807, 2.05) is 35.2 Å². The lowest BCUT2D eigenvalue weighted by atomic mass is 9.94. The lowest BCUT2D eigenvalue weighted by Gasteiger charge is -2.35. The first-order chi connectivity index (χ1) is 9.50. The van der Waals surface area contributed by atoms with E-state index in [-0.39, 0.29) is 18.9 Å². The van der Waals surface area contributed by atoms with E-state index in [0.29, 0.717) is 19.5 Å². The maximum Gasteiger partial charge on any atom is 0.393 e. The highest BCUT2D eigenvalue weighted by atomic mass is 19.4. The molecule has 1 aliphatic heterocycles. The molecule has 112 valence electrons. The number of piperidine rings is 1. The van der Waals surface area contributed by atoms with Crippen LogP contribution < -0.4 is 5.73 Å². The predicted molar refractivity (Wildman–Crippen MR) is 73.5 cm³/mol. The van der Waals surface area contributed by atoms with Crippen LogP contribution in [0.15, 0.2) is 30.3 Å². The Bertz CT molecular complexity index is 405. The van der Waals surface area contributed by atoms with Crippen LogP contribution >= 0.6 is 0 Å². The van der Waals surface area contributed by atoms with Crippen molar-refractivity contribution in [3.63, 3.8) is 0 Å². The zero-order valence-corrected chi connectivity index (χ0v) is 11.4. The van der Waals surface area contributed by atoms with E-state index in [1.54, 1.807) is 0 Å². The second-order valence-electron chi connectivity index (χ2n) is 5.48. The molecule has 20 heavy (non-hydrogen) atoms. The fourth-order valence-electron chi connectivity index (χ4n) is 2.84. The summed E-state index contributed by atoms with van der Waals surface area (Å²) in [4.78, 5) is 1.91. The van der Waals surface area contributed by atoms with Crippen LogP contribution in [0.3, 0.4) is 0 Å². The molecule has 0 radical (unpaired) electrons. The number of hydrogen-bond donors (Lipinski definition) is 1. The molecule has 0 aromatic heterocycles. The third-order valence-electron chi connectivity index (χ3n) is 4.00. The van der Waals surface area contributed by atoms with Gasteiger partial charge >= 0.3 is 6.18 Å². The van der Waals surface area contributed by atoms with Crippen LogP contribution in [0.2, 0.25) is 0 Å². The largest absolute Gasteiger partial charge is 0.393 e. The predicted octanol–water partition coefficient (Wildman–Crippen LogP) is 3.00. The van der Waals surface area contributed by atoms with Crippen molar-refractivity contribution < 1.29 is 13.2 Å². The van der Waals surface area contributed by atoms with E-state index < -0.39 is 12.1 Å². The van der Waals surface area contributed by atoms with Gasteiger partial charge in [-0.25, -0.2) is 0 Å². The Labute approximate surface area is 117 Å². The van der Waals surface area contributed by atoms with Gasteiger partial charge < -0.3 is 10.6 Å². The zero-order chi connectivity index (χ0) is 14.6. The van der Waals surface area contributed by atoms with Gasteiger partial charge in [-0.3, -0.25) is 0 Å². The first-order valence-corrected chi connectivity index (χ1v) is 7.04. The smallest absolute Gasteiger partial charge is 0.330 e. The minimum atomic E-state index is -4.08. The van der Waals surface area contributed by atoms with Crippen molar-refractivity contribution in [3.8, 4) is 0 Å². The Morgan fingerprint density at radius 1 is 1.25 bits per heavy atom. The van der Waals surface area contributed by atoms with E-state index in [4.69, 9.17) is 5.73 Å². The summed E-state index contributed by atoms with van der Waals surface area (Å²) < 4.78 is 38.4. The maximum atomic E-state index is 12.8. The van der Waals surface area contributed by atoms with Gasteiger partial charge in [0.15, 0.2) is 0 Å². The van der Waals surface area contributed by atoms with Crippen molar-refractivity contribution in [1.29, 1.82) is 0 Å². The SMILES string of the molecule is NCC(CN1CCCC(C(F)(F)F)C1)c1ccccc1. The van der Waals surface area contributed by atoms with E-state index >= 15 is 0 Å². The Morgan fingerprint density at radius 2 is 1.95 bits per heavy atom. The second-order valence-corrected chi connectivity index (χ2v) is 5.48. The summed E-state index contributed by atoms with van der Waals surface area (Å²) >= 11 is 0. The van der Waals surface area contributed by atoms with E-state index in [0.717, 1.165) is 12.1 Å². The molecule has 0 spiro atoms. The molecule has 1 fully saturated rings. The molecule has 5 heteroatoms. The minimum Gasteiger partial charge on any atom is -0.330 e. The van der Waals surface area contributed by atoms with Crippen molar-refractivity contribution in [2.45, 2.75) is 24.9 Å². The molecule has 0 aliphatic carbocycles. The zero-order valence-electron chi connectivity index (χ0n) is 11.4. The second kappa shape index (κ2) is 6.59. The Hall–Kier alpha value is -1.07. The van der Waals surface area contributed by atoms with Gasteiger partial charge in [0, 0.05) is 25.6 Å². The lowest BCUT2D eigenvalue weighted by molar-refractivity contribution is -0.186. The number of halogens is 3. The van der Waals surface area contributed by atoms with Crippen molar-refractivity contribution in [2.24, 2.45) is 11.7 Å². The van der Waals surface area contributed by atoms with Gasteiger partial charge in [-0.15, -0.1) is 0 Å². The van der Waals surface area contributed by atoms with Gasteiger partial charge in [0.05, 0.1) is 5.92 Å². The van der Waals surface area contributed by atoms with Crippen molar-refractivity contribution in [1.82, 2.24) is 4.90 Å². The van der Waals surface area contributed by atoms with E-state index in [9.17, 15) is 13.2 Å². The average Bonchev–Trinajstić information content (AvgIpc) is 2.45. The van der Waals surface area contributed by atoms with E-state index in [1.165, 1.54) is 0 Å². The van der Waals surface area contributed by atoms with Crippen LogP contribution in [0, 0.1) is 5.92 Å². The average molecular weight is 286 g/mol. The van der Waals surface area contributed by atoms with Crippen LogP contribution in [-0.4, -0.2) is 37.3 Å². The molecule has 2 unspecified atom stereocenters. The van der Waals surface area contributed by atoms with Crippen LogP contribution in [0.1, 0.15) is 24.3 Å². The highest BCUT2D eigenvalue weighted by molar-refractivity contribution is 5.20. The van der Waals surface area contributed by atoms with Crippen LogP contribution in [0.5, 0.6) is 0 Å². The number of alkyl halides is 3. The monoisotopic (exact) mass is 286 g/mol. The molecule has 2 rings (SSSR count). The van der Waals surface area contributed by atoms with Crippen molar-refractivity contribution >= 4 is 0 Å². The van der Waals surface area contributed by atoms with Gasteiger partial charge in [0.1, 0.15) is 0 Å². The summed E-state index contributed by atoms with van der Waals surface area (Å²) in [5.41, 5.74) is 6.89. The number of nitrogens with zero attached hydrogens (tertiary/aromatic N) is 1. The fourth-order valence-corrected chi connectivity index (χ4v) is 2.84. The van der Waals surface area contributed by atoms with Crippen molar-refractivity contribution in [3.05, 3.63) is 35.9 Å². The molecule has 2 atom stereocenters. The molecule has 1 aromatic carbocycles. The Kier molecular flexibility index (Phi) is 5.05. The summed E-state index contributed by atoms with van der Waals surface area (Å²) in [6, 6.07) is 9.78. The molecule has 1 saturated heterocycles. The van der Waals surface area contributed by atoms with Gasteiger partial charge in [-0.1, -0.05) is 30.3 Å². The molecule has 1 aromatic rings. The molecular weight excluding hydrogens is 265 g/mol. The molecule has 0 amide bonds. The molecule has 2 N–H and O–H groups in total. The summed E-state index contributed by atoms with van der Waals surface area (Å²) in [6.07, 6.45) is -3.22. The summed E-state index contributed by atoms with van der Waals surface area (Å²) in [6.45, 7) is 1.90. The van der Waals surface area contributed by atoms with Crippen LogP contribution in [0.4, 0.5) is 13.2 Å². The summed E-state index contributed by atoms with van der Waals surface area (Å²) in [5, 5.41) is 0. The van der Waals surface area contributed by atoms with Gasteiger partial charge in [-0.2, -0.15) is 13.2 Å². The fraction of sp³-hybridized carbons (Fsp3) is 0.600. The van der Waals surface area contributed by atoms with E-state index in [2.05, 4.69) is 0 Å². The molecule has 1 aliphatic rings. The summed E-state index contributed by atoms with van der Waals surface area (Å²) in [7, 11) is 0. The number of benzene rings is 1. The highest BCUT2D eigenvalue weighted by Gasteiger charge is 2.41. The first kappa shape index (κ1) is 15.3. The van der Waals surface area contributed by atoms with Crippen LogP contribution in [-0.2, 0) is 0 Å². The van der Waals surface area contributed by atoms with Gasteiger partial charge in [0.2, 0.25) is 0 Å². The maximum absolute atomic E-state index is 12.8. The number of likely N-dealkylation sites (tertiary alicyclic amines) is 1. The number of nitrogens with two attached hydrogens (primary N) is 1. The standard InChI is InChI=1S/C15H21F3N2/c16-15(17,18)14-7-4-8-20(11-14)10-13(9-19)12-5-2-1-3-6-12/h1-3,5-6,13-14H,4,7-11,19H2. The number of hydrogen-bond acceptors (Lipinski definition) is 2. The molecule has 0 bridgehead atoms.